The number of aromatic nitrogens is 2. The van der Waals surface area contributed by atoms with Crippen molar-refractivity contribution in [2.75, 3.05) is 12.9 Å². The molecule has 0 spiro atoms. The van der Waals surface area contributed by atoms with Gasteiger partial charge in [-0.05, 0) is 52.4 Å². The fraction of sp³-hybridized carbons (Fsp3) is 0.667. The van der Waals surface area contributed by atoms with E-state index in [9.17, 15) is 4.79 Å². The highest BCUT2D eigenvalue weighted by atomic mass is 32.2. The highest BCUT2D eigenvalue weighted by molar-refractivity contribution is 7.98. The third kappa shape index (κ3) is 3.14. The molecular weight excluding hydrogens is 272 g/mol. The Balaban J connectivity index is 2.17. The van der Waals surface area contributed by atoms with Crippen molar-refractivity contribution in [3.05, 3.63) is 17.5 Å². The Morgan fingerprint density at radius 1 is 1.55 bits per heavy atom. The summed E-state index contributed by atoms with van der Waals surface area (Å²) in [5, 5.41) is 0.810. The summed E-state index contributed by atoms with van der Waals surface area (Å²) in [5.74, 6) is 0.260. The van der Waals surface area contributed by atoms with Crippen molar-refractivity contribution in [1.82, 2.24) is 9.97 Å². The molecule has 0 radical (unpaired) electrons. The molecule has 4 nitrogen and oxygen atoms in total. The lowest BCUT2D eigenvalue weighted by molar-refractivity contribution is -0.154. The lowest BCUT2D eigenvalue weighted by Gasteiger charge is -2.21. The first-order valence-corrected chi connectivity index (χ1v) is 8.28. The highest BCUT2D eigenvalue weighted by Crippen LogP contribution is 2.46. The first-order valence-electron chi connectivity index (χ1n) is 7.05. The molecule has 0 bridgehead atoms. The first kappa shape index (κ1) is 15.3. The van der Waals surface area contributed by atoms with E-state index in [1.165, 1.54) is 0 Å². The molecule has 1 aliphatic carbocycles. The van der Waals surface area contributed by atoms with Crippen LogP contribution in [0.15, 0.2) is 11.2 Å². The predicted molar refractivity (Wildman–Crippen MR) is 79.9 cm³/mol. The molecule has 1 fully saturated rings. The quantitative estimate of drug-likeness (QED) is 0.484. The van der Waals surface area contributed by atoms with Crippen molar-refractivity contribution < 1.29 is 9.53 Å². The van der Waals surface area contributed by atoms with Crippen molar-refractivity contribution in [3.63, 3.8) is 0 Å². The van der Waals surface area contributed by atoms with E-state index >= 15 is 0 Å². The summed E-state index contributed by atoms with van der Waals surface area (Å²) in [4.78, 5) is 21.1. The van der Waals surface area contributed by atoms with Gasteiger partial charge in [-0.2, -0.15) is 0 Å². The molecule has 1 aliphatic rings. The predicted octanol–water partition coefficient (Wildman–Crippen LogP) is 3.34. The van der Waals surface area contributed by atoms with Crippen LogP contribution in [0.4, 0.5) is 0 Å². The van der Waals surface area contributed by atoms with E-state index in [4.69, 9.17) is 4.74 Å². The van der Waals surface area contributed by atoms with Gasteiger partial charge in [0.1, 0.15) is 0 Å². The van der Waals surface area contributed by atoms with Crippen LogP contribution < -0.4 is 0 Å². The second-order valence-corrected chi connectivity index (χ2v) is 6.42. The lowest BCUT2D eigenvalue weighted by atomic mass is 9.87. The van der Waals surface area contributed by atoms with E-state index in [2.05, 4.69) is 9.97 Å². The molecule has 110 valence electrons. The molecule has 20 heavy (non-hydrogen) atoms. The number of aryl methyl sites for hydroxylation is 1. The second kappa shape index (κ2) is 6.12. The fourth-order valence-corrected chi connectivity index (χ4v) is 3.28. The van der Waals surface area contributed by atoms with Crippen molar-refractivity contribution in [2.45, 2.75) is 51.1 Å². The van der Waals surface area contributed by atoms with Crippen LogP contribution in [-0.2, 0) is 9.53 Å². The van der Waals surface area contributed by atoms with Crippen LogP contribution in [0.1, 0.15) is 50.4 Å². The molecule has 1 saturated carbocycles. The molecule has 0 amide bonds. The Labute approximate surface area is 124 Å². The van der Waals surface area contributed by atoms with Gasteiger partial charge in [-0.3, -0.25) is 4.79 Å². The van der Waals surface area contributed by atoms with Gasteiger partial charge >= 0.3 is 5.97 Å². The van der Waals surface area contributed by atoms with Crippen LogP contribution in [0.5, 0.6) is 0 Å². The van der Waals surface area contributed by atoms with Gasteiger partial charge in [0.15, 0.2) is 5.16 Å². The van der Waals surface area contributed by atoms with Crippen LogP contribution in [0.2, 0.25) is 0 Å². The van der Waals surface area contributed by atoms with E-state index < -0.39 is 0 Å². The van der Waals surface area contributed by atoms with Crippen molar-refractivity contribution in [1.29, 1.82) is 0 Å². The van der Waals surface area contributed by atoms with Gasteiger partial charge in [-0.1, -0.05) is 11.8 Å². The molecule has 2 unspecified atom stereocenters. The number of esters is 1. The van der Waals surface area contributed by atoms with Crippen molar-refractivity contribution in [3.8, 4) is 0 Å². The monoisotopic (exact) mass is 294 g/mol. The van der Waals surface area contributed by atoms with E-state index in [-0.39, 0.29) is 11.4 Å². The van der Waals surface area contributed by atoms with Gasteiger partial charge in [-0.15, -0.1) is 0 Å². The number of rotatable bonds is 4. The van der Waals surface area contributed by atoms with Crippen LogP contribution in [0.3, 0.4) is 0 Å². The molecular formula is C15H22N2O2S. The molecule has 0 aromatic carbocycles. The summed E-state index contributed by atoms with van der Waals surface area (Å²) in [6.45, 7) is 6.30. The minimum Gasteiger partial charge on any atom is -0.466 e. The Morgan fingerprint density at radius 3 is 2.95 bits per heavy atom. The minimum atomic E-state index is -0.362. The molecule has 2 rings (SSSR count). The Kier molecular flexibility index (Phi) is 4.68. The molecule has 1 aromatic rings. The summed E-state index contributed by atoms with van der Waals surface area (Å²) in [5.41, 5.74) is 1.69. The first-order chi connectivity index (χ1) is 9.48. The van der Waals surface area contributed by atoms with Gasteiger partial charge in [0.25, 0.3) is 0 Å². The van der Waals surface area contributed by atoms with Gasteiger partial charge < -0.3 is 4.74 Å². The molecule has 0 N–H and O–H groups in total. The molecule has 0 aliphatic heterocycles. The maximum absolute atomic E-state index is 12.1. The molecule has 1 aromatic heterocycles. The lowest BCUT2D eigenvalue weighted by Crippen LogP contribution is -2.27. The molecule has 2 atom stereocenters. The van der Waals surface area contributed by atoms with E-state index in [1.807, 2.05) is 33.1 Å². The van der Waals surface area contributed by atoms with Gasteiger partial charge in [0.05, 0.1) is 12.0 Å². The number of ether oxygens (including phenoxy) is 1. The molecule has 0 saturated heterocycles. The Morgan fingerprint density at radius 2 is 2.30 bits per heavy atom. The number of hydrogen-bond donors (Lipinski definition) is 0. The van der Waals surface area contributed by atoms with Crippen LogP contribution >= 0.6 is 11.8 Å². The standard InChI is InChI=1S/C15H22N2O2S/c1-5-19-13(18)15(3)7-6-11(9-15)12-8-10(2)16-14(17-12)20-4/h8,11H,5-7,9H2,1-4H3. The summed E-state index contributed by atoms with van der Waals surface area (Å²) >= 11 is 1.56. The number of carbonyl (C=O) groups excluding carboxylic acids is 1. The normalized spacial score (nSPS) is 25.7. The fourth-order valence-electron chi connectivity index (χ4n) is 2.85. The smallest absolute Gasteiger partial charge is 0.311 e. The minimum absolute atomic E-state index is 0.0710. The molecule has 5 heteroatoms. The SMILES string of the molecule is CCOC(=O)C1(C)CCC(c2cc(C)nc(SC)n2)C1. The Hall–Kier alpha value is -1.10. The topological polar surface area (TPSA) is 52.1 Å². The maximum atomic E-state index is 12.1. The Bertz CT molecular complexity index is 507. The zero-order valence-electron chi connectivity index (χ0n) is 12.6. The zero-order chi connectivity index (χ0) is 14.8. The van der Waals surface area contributed by atoms with Gasteiger partial charge in [0, 0.05) is 17.3 Å². The van der Waals surface area contributed by atoms with Gasteiger partial charge in [-0.25, -0.2) is 9.97 Å². The van der Waals surface area contributed by atoms with E-state index in [0.29, 0.717) is 12.5 Å². The van der Waals surface area contributed by atoms with Gasteiger partial charge in [0.2, 0.25) is 0 Å². The summed E-state index contributed by atoms with van der Waals surface area (Å²) in [6.07, 6.45) is 4.65. The zero-order valence-corrected chi connectivity index (χ0v) is 13.4. The number of hydrogen-bond acceptors (Lipinski definition) is 5. The maximum Gasteiger partial charge on any atom is 0.311 e. The van der Waals surface area contributed by atoms with Crippen LogP contribution in [0, 0.1) is 12.3 Å². The average Bonchev–Trinajstić information content (AvgIpc) is 2.82. The number of thioether (sulfide) groups is 1. The second-order valence-electron chi connectivity index (χ2n) is 5.64. The van der Waals surface area contributed by atoms with Crippen LogP contribution in [0.25, 0.3) is 0 Å². The average molecular weight is 294 g/mol. The highest BCUT2D eigenvalue weighted by Gasteiger charge is 2.43. The van der Waals surface area contributed by atoms with E-state index in [1.54, 1.807) is 11.8 Å². The van der Waals surface area contributed by atoms with Crippen LogP contribution in [-0.4, -0.2) is 28.8 Å². The third-order valence-corrected chi connectivity index (χ3v) is 4.51. The largest absolute Gasteiger partial charge is 0.466 e. The number of carbonyl (C=O) groups is 1. The summed E-state index contributed by atoms with van der Waals surface area (Å²) in [7, 11) is 0. The van der Waals surface area contributed by atoms with Crippen molar-refractivity contribution >= 4 is 17.7 Å². The third-order valence-electron chi connectivity index (χ3n) is 3.96. The summed E-state index contributed by atoms with van der Waals surface area (Å²) < 4.78 is 5.21. The van der Waals surface area contributed by atoms with E-state index in [0.717, 1.165) is 35.8 Å². The summed E-state index contributed by atoms with van der Waals surface area (Å²) in [6, 6.07) is 2.04. The number of nitrogens with zero attached hydrogens (tertiary/aromatic N) is 2. The molecule has 1 heterocycles. The van der Waals surface area contributed by atoms with Crippen molar-refractivity contribution in [2.24, 2.45) is 5.41 Å².